The fraction of sp³-hybridized carbons (Fsp3) is 0.0588. The fourth-order valence-corrected chi connectivity index (χ4v) is 2.44. The van der Waals surface area contributed by atoms with Crippen LogP contribution in [0, 0.1) is 0 Å². The number of aromatic amines is 1. The number of imidazole rings is 1. The van der Waals surface area contributed by atoms with Crippen molar-refractivity contribution < 1.29 is 9.53 Å². The minimum atomic E-state index is -0.180. The summed E-state index contributed by atoms with van der Waals surface area (Å²) >= 11 is 0. The molecule has 0 fully saturated rings. The zero-order chi connectivity index (χ0) is 16.5. The van der Waals surface area contributed by atoms with E-state index in [-0.39, 0.29) is 17.4 Å². The van der Waals surface area contributed by atoms with Gasteiger partial charge in [-0.1, -0.05) is 22.4 Å². The molecule has 0 unspecified atom stereocenters. The van der Waals surface area contributed by atoms with Gasteiger partial charge in [-0.3, -0.25) is 9.89 Å². The summed E-state index contributed by atoms with van der Waals surface area (Å²) < 4.78 is 7.59. The van der Waals surface area contributed by atoms with Gasteiger partial charge < -0.3 is 9.14 Å². The van der Waals surface area contributed by atoms with Gasteiger partial charge >= 0.3 is 0 Å². The molecule has 0 aliphatic rings. The summed E-state index contributed by atoms with van der Waals surface area (Å²) in [7, 11) is 0. The predicted molar refractivity (Wildman–Crippen MR) is 87.1 cm³/mol. The molecule has 7 heteroatoms. The molecule has 0 amide bonds. The van der Waals surface area contributed by atoms with Crippen LogP contribution in [0.4, 0.5) is 0 Å². The lowest BCUT2D eigenvalue weighted by Crippen LogP contribution is -1.96. The normalized spacial score (nSPS) is 10.9. The van der Waals surface area contributed by atoms with Crippen LogP contribution in [-0.2, 0) is 0 Å². The molecule has 7 nitrogen and oxygen atoms in total. The average Bonchev–Trinajstić information content (AvgIpc) is 3.23. The van der Waals surface area contributed by atoms with E-state index in [0.717, 1.165) is 16.8 Å². The van der Waals surface area contributed by atoms with E-state index in [1.165, 1.54) is 6.92 Å². The van der Waals surface area contributed by atoms with Gasteiger partial charge in [-0.25, -0.2) is 4.98 Å². The molecule has 0 atom stereocenters. The standard InChI is InChI=1S/C17H13N5O2/c1-11(23)16-17(20-21-19-16)24-14-5-2-12(3-6-14)13-4-7-15-18-8-9-22(15)10-13/h2-10H,1H3,(H,19,20,21). The van der Waals surface area contributed by atoms with Crippen LogP contribution in [0.25, 0.3) is 16.8 Å². The summed E-state index contributed by atoms with van der Waals surface area (Å²) in [4.78, 5) is 15.7. The number of rotatable bonds is 4. The maximum atomic E-state index is 11.4. The Balaban J connectivity index is 1.60. The molecule has 0 bridgehead atoms. The number of H-pyrrole nitrogens is 1. The van der Waals surface area contributed by atoms with Crippen molar-refractivity contribution >= 4 is 11.4 Å². The van der Waals surface area contributed by atoms with Crippen molar-refractivity contribution in [3.8, 4) is 22.8 Å². The van der Waals surface area contributed by atoms with Gasteiger partial charge in [0.2, 0.25) is 0 Å². The first-order valence-electron chi connectivity index (χ1n) is 7.34. The summed E-state index contributed by atoms with van der Waals surface area (Å²) in [5.74, 6) is 0.578. The molecule has 0 aliphatic carbocycles. The molecular weight excluding hydrogens is 306 g/mol. The van der Waals surface area contributed by atoms with Crippen LogP contribution in [0.3, 0.4) is 0 Å². The number of aromatic nitrogens is 5. The molecule has 4 rings (SSSR count). The van der Waals surface area contributed by atoms with Crippen LogP contribution in [-0.4, -0.2) is 30.6 Å². The van der Waals surface area contributed by atoms with Gasteiger partial charge in [0.05, 0.1) is 0 Å². The highest BCUT2D eigenvalue weighted by atomic mass is 16.5. The molecule has 118 valence electrons. The summed E-state index contributed by atoms with van der Waals surface area (Å²) in [5, 5.41) is 9.91. The number of hydrogen-bond acceptors (Lipinski definition) is 5. The average molecular weight is 319 g/mol. The number of hydrogen-bond donors (Lipinski definition) is 1. The highest BCUT2D eigenvalue weighted by molar-refractivity contribution is 5.94. The van der Waals surface area contributed by atoms with Crippen molar-refractivity contribution in [1.29, 1.82) is 0 Å². The number of ketones is 1. The lowest BCUT2D eigenvalue weighted by molar-refractivity contribution is 0.101. The van der Waals surface area contributed by atoms with Crippen molar-refractivity contribution in [2.24, 2.45) is 0 Å². The Hall–Kier alpha value is -3.48. The van der Waals surface area contributed by atoms with Crippen LogP contribution < -0.4 is 4.74 Å². The highest BCUT2D eigenvalue weighted by Crippen LogP contribution is 2.26. The molecule has 0 saturated carbocycles. The summed E-state index contributed by atoms with van der Waals surface area (Å²) in [5.41, 5.74) is 3.27. The van der Waals surface area contributed by atoms with Crippen LogP contribution in [0.15, 0.2) is 55.0 Å². The first-order chi connectivity index (χ1) is 11.7. The Kier molecular flexibility index (Phi) is 3.31. The maximum absolute atomic E-state index is 11.4. The molecule has 3 heterocycles. The molecule has 3 aromatic heterocycles. The number of carbonyl (C=O) groups excluding carboxylic acids is 1. The molecule has 1 N–H and O–H groups in total. The molecule has 0 spiro atoms. The van der Waals surface area contributed by atoms with Crippen molar-refractivity contribution in [2.45, 2.75) is 6.92 Å². The first kappa shape index (κ1) is 14.1. The molecular formula is C17H13N5O2. The quantitative estimate of drug-likeness (QED) is 0.584. The third kappa shape index (κ3) is 2.52. The maximum Gasteiger partial charge on any atom is 0.269 e. The smallest absolute Gasteiger partial charge is 0.269 e. The van der Waals surface area contributed by atoms with Crippen LogP contribution >= 0.6 is 0 Å². The minimum Gasteiger partial charge on any atom is -0.436 e. The number of benzene rings is 1. The lowest BCUT2D eigenvalue weighted by atomic mass is 10.1. The Morgan fingerprint density at radius 1 is 1.12 bits per heavy atom. The minimum absolute atomic E-state index is 0.176. The molecule has 24 heavy (non-hydrogen) atoms. The lowest BCUT2D eigenvalue weighted by Gasteiger charge is -2.06. The molecule has 0 aliphatic heterocycles. The van der Waals surface area contributed by atoms with Crippen molar-refractivity contribution in [1.82, 2.24) is 24.8 Å². The van der Waals surface area contributed by atoms with Gasteiger partial charge in [-0.2, -0.15) is 0 Å². The van der Waals surface area contributed by atoms with Gasteiger partial charge in [-0.15, -0.1) is 0 Å². The highest BCUT2D eigenvalue weighted by Gasteiger charge is 2.13. The molecule has 4 aromatic rings. The Labute approximate surface area is 136 Å². The zero-order valence-electron chi connectivity index (χ0n) is 12.8. The van der Waals surface area contributed by atoms with Crippen LogP contribution in [0.5, 0.6) is 11.6 Å². The number of Topliss-reactive ketones (excluding diaryl/α,β-unsaturated/α-hetero) is 1. The van der Waals surface area contributed by atoms with Crippen LogP contribution in [0.1, 0.15) is 17.4 Å². The van der Waals surface area contributed by atoms with Gasteiger partial charge in [-0.05, 0) is 35.4 Å². The Morgan fingerprint density at radius 3 is 2.71 bits per heavy atom. The number of pyridine rings is 1. The first-order valence-corrected chi connectivity index (χ1v) is 7.34. The second kappa shape index (κ2) is 5.62. The SMILES string of the molecule is CC(=O)c1[nH]nnc1Oc1ccc(-c2ccc3nccn3c2)cc1. The van der Waals surface area contributed by atoms with Gasteiger partial charge in [0.1, 0.15) is 11.4 Å². The van der Waals surface area contributed by atoms with Crippen molar-refractivity contribution in [3.05, 3.63) is 60.7 Å². The van der Waals surface area contributed by atoms with E-state index in [4.69, 9.17) is 4.74 Å². The molecule has 1 aromatic carbocycles. The predicted octanol–water partition coefficient (Wildman–Crippen LogP) is 3.11. The zero-order valence-corrected chi connectivity index (χ0v) is 12.8. The largest absolute Gasteiger partial charge is 0.436 e. The summed E-state index contributed by atoms with van der Waals surface area (Å²) in [6, 6.07) is 11.5. The Bertz CT molecular complexity index is 1020. The third-order valence-electron chi connectivity index (χ3n) is 3.66. The van der Waals surface area contributed by atoms with Crippen LogP contribution in [0.2, 0.25) is 0 Å². The number of fused-ring (bicyclic) bond motifs is 1. The monoisotopic (exact) mass is 319 g/mol. The van der Waals surface area contributed by atoms with E-state index in [1.54, 1.807) is 6.20 Å². The summed E-state index contributed by atoms with van der Waals surface area (Å²) in [6.45, 7) is 1.43. The van der Waals surface area contributed by atoms with Crippen molar-refractivity contribution in [2.75, 3.05) is 0 Å². The van der Waals surface area contributed by atoms with E-state index in [1.807, 2.05) is 53.2 Å². The van der Waals surface area contributed by atoms with E-state index in [9.17, 15) is 4.79 Å². The number of nitrogens with one attached hydrogen (secondary N) is 1. The second-order valence-corrected chi connectivity index (χ2v) is 5.29. The van der Waals surface area contributed by atoms with E-state index >= 15 is 0 Å². The van der Waals surface area contributed by atoms with Gasteiger partial charge in [0, 0.05) is 25.5 Å². The van der Waals surface area contributed by atoms with E-state index < -0.39 is 0 Å². The number of nitrogens with zero attached hydrogens (tertiary/aromatic N) is 4. The second-order valence-electron chi connectivity index (χ2n) is 5.29. The van der Waals surface area contributed by atoms with E-state index in [0.29, 0.717) is 5.75 Å². The number of carbonyl (C=O) groups is 1. The Morgan fingerprint density at radius 2 is 1.92 bits per heavy atom. The van der Waals surface area contributed by atoms with Gasteiger partial charge in [0.15, 0.2) is 11.5 Å². The third-order valence-corrected chi connectivity index (χ3v) is 3.66. The topological polar surface area (TPSA) is 85.2 Å². The van der Waals surface area contributed by atoms with E-state index in [2.05, 4.69) is 20.4 Å². The fourth-order valence-electron chi connectivity index (χ4n) is 2.44. The molecule has 0 radical (unpaired) electrons. The number of ether oxygens (including phenoxy) is 1. The van der Waals surface area contributed by atoms with Gasteiger partial charge in [0.25, 0.3) is 5.88 Å². The summed E-state index contributed by atoms with van der Waals surface area (Å²) in [6.07, 6.45) is 5.69. The molecule has 0 saturated heterocycles. The van der Waals surface area contributed by atoms with Crippen molar-refractivity contribution in [3.63, 3.8) is 0 Å².